The van der Waals surface area contributed by atoms with E-state index in [1.165, 1.54) is 205 Å². The van der Waals surface area contributed by atoms with Gasteiger partial charge < -0.3 is 33.8 Å². The van der Waals surface area contributed by atoms with Crippen molar-refractivity contribution in [1.29, 1.82) is 0 Å². The minimum absolute atomic E-state index is 0.103. The van der Waals surface area contributed by atoms with Gasteiger partial charge in [0.25, 0.3) is 0 Å². The molecule has 0 heterocycles. The van der Waals surface area contributed by atoms with Crippen LogP contribution in [0, 0.1) is 5.92 Å². The number of rotatable bonds is 74. The predicted molar refractivity (Wildman–Crippen MR) is 377 cm³/mol. The van der Waals surface area contributed by atoms with E-state index in [2.05, 4.69) is 34.6 Å². The molecule has 0 saturated carbocycles. The van der Waals surface area contributed by atoms with E-state index in [4.69, 9.17) is 37.0 Å². The van der Waals surface area contributed by atoms with Crippen LogP contribution < -0.4 is 0 Å². The SMILES string of the molecule is CCCCCCCCCCCCCCCCCCCCCCC(=O)O[C@H](COC(=O)CCCCCCCCCCCCCCCCCCCC)COP(=O)(O)OC[C@@H](O)COP(=O)(O)OC[C@@H](COC(=O)CCCCCCC)OC(=O)CCCCCCCCCC(C)C. The van der Waals surface area contributed by atoms with Gasteiger partial charge in [0.15, 0.2) is 12.2 Å². The quantitative estimate of drug-likeness (QED) is 0.0222. The summed E-state index contributed by atoms with van der Waals surface area (Å²) in [6.45, 7) is 7.12. The van der Waals surface area contributed by atoms with Crippen molar-refractivity contribution >= 4 is 39.5 Å². The number of phosphoric acid groups is 2. The summed E-state index contributed by atoms with van der Waals surface area (Å²) in [7, 11) is -9.89. The Morgan fingerprint density at radius 2 is 0.495 bits per heavy atom. The molecule has 5 atom stereocenters. The first-order valence-electron chi connectivity index (χ1n) is 38.6. The van der Waals surface area contributed by atoms with Crippen molar-refractivity contribution in [2.75, 3.05) is 39.6 Å². The summed E-state index contributed by atoms with van der Waals surface area (Å²) in [5.74, 6) is -1.44. The predicted octanol–water partition coefficient (Wildman–Crippen LogP) is 21.7. The molecule has 0 aromatic heterocycles. The second-order valence-electron chi connectivity index (χ2n) is 27.2. The van der Waals surface area contributed by atoms with Crippen molar-refractivity contribution in [3.8, 4) is 0 Å². The van der Waals surface area contributed by atoms with E-state index in [0.717, 1.165) is 96.3 Å². The van der Waals surface area contributed by atoms with Crippen molar-refractivity contribution in [2.45, 2.75) is 406 Å². The summed E-state index contributed by atoms with van der Waals surface area (Å²) in [6.07, 6.45) is 56.2. The molecule has 0 rings (SSSR count). The van der Waals surface area contributed by atoms with Crippen LogP contribution in [0.15, 0.2) is 0 Å². The first kappa shape index (κ1) is 91.1. The van der Waals surface area contributed by atoms with E-state index in [1.807, 2.05) is 0 Å². The van der Waals surface area contributed by atoms with E-state index in [-0.39, 0.29) is 25.7 Å². The fraction of sp³-hybridized carbons (Fsp3) is 0.946. The lowest BCUT2D eigenvalue weighted by atomic mass is 10.0. The lowest BCUT2D eigenvalue weighted by Gasteiger charge is -2.21. The Balaban J connectivity index is 5.11. The van der Waals surface area contributed by atoms with Crippen molar-refractivity contribution in [3.63, 3.8) is 0 Å². The molecule has 552 valence electrons. The highest BCUT2D eigenvalue weighted by Crippen LogP contribution is 2.45. The van der Waals surface area contributed by atoms with Crippen LogP contribution in [-0.2, 0) is 65.4 Å². The van der Waals surface area contributed by atoms with Crippen molar-refractivity contribution in [1.82, 2.24) is 0 Å². The molecular formula is C74H144O17P2. The van der Waals surface area contributed by atoms with Gasteiger partial charge in [0.05, 0.1) is 26.4 Å². The maximum Gasteiger partial charge on any atom is 0.472 e. The third-order valence-electron chi connectivity index (χ3n) is 17.3. The van der Waals surface area contributed by atoms with Gasteiger partial charge in [-0.05, 0) is 31.6 Å². The molecule has 0 aromatic carbocycles. The van der Waals surface area contributed by atoms with Gasteiger partial charge >= 0.3 is 39.5 Å². The van der Waals surface area contributed by atoms with Crippen LogP contribution in [0.1, 0.15) is 388 Å². The first-order valence-corrected chi connectivity index (χ1v) is 41.6. The van der Waals surface area contributed by atoms with Gasteiger partial charge in [-0.2, -0.15) is 0 Å². The van der Waals surface area contributed by atoms with Crippen LogP contribution in [0.2, 0.25) is 0 Å². The van der Waals surface area contributed by atoms with Crippen LogP contribution in [0.3, 0.4) is 0 Å². The molecule has 0 aliphatic carbocycles. The van der Waals surface area contributed by atoms with Gasteiger partial charge in [-0.3, -0.25) is 37.3 Å². The Bertz CT molecular complexity index is 1790. The average molecular weight is 1370 g/mol. The van der Waals surface area contributed by atoms with Crippen LogP contribution in [0.4, 0.5) is 0 Å². The summed E-state index contributed by atoms with van der Waals surface area (Å²) in [4.78, 5) is 72.4. The molecule has 0 aliphatic heterocycles. The Morgan fingerprint density at radius 1 is 0.290 bits per heavy atom. The third-order valence-corrected chi connectivity index (χ3v) is 19.2. The normalized spacial score (nSPS) is 14.0. The molecule has 0 spiro atoms. The fourth-order valence-electron chi connectivity index (χ4n) is 11.4. The molecular weight excluding hydrogens is 1220 g/mol. The number of carbonyl (C=O) groups excluding carboxylic acids is 4. The second-order valence-corrected chi connectivity index (χ2v) is 30.1. The number of phosphoric ester groups is 2. The highest BCUT2D eigenvalue weighted by Gasteiger charge is 2.30. The van der Waals surface area contributed by atoms with Crippen molar-refractivity contribution < 1.29 is 80.2 Å². The number of unbranched alkanes of at least 4 members (excludes halogenated alkanes) is 46. The van der Waals surface area contributed by atoms with Crippen LogP contribution in [0.5, 0.6) is 0 Å². The van der Waals surface area contributed by atoms with E-state index in [9.17, 15) is 43.2 Å². The summed E-state index contributed by atoms with van der Waals surface area (Å²) >= 11 is 0. The molecule has 0 fully saturated rings. The molecule has 0 aliphatic rings. The van der Waals surface area contributed by atoms with Crippen LogP contribution in [-0.4, -0.2) is 96.7 Å². The van der Waals surface area contributed by atoms with Crippen LogP contribution in [0.25, 0.3) is 0 Å². The molecule has 0 aromatic rings. The van der Waals surface area contributed by atoms with E-state index in [0.29, 0.717) is 31.6 Å². The number of carbonyl (C=O) groups is 4. The monoisotopic (exact) mass is 1370 g/mol. The molecule has 17 nitrogen and oxygen atoms in total. The number of esters is 4. The van der Waals surface area contributed by atoms with E-state index in [1.54, 1.807) is 0 Å². The Morgan fingerprint density at radius 3 is 0.731 bits per heavy atom. The van der Waals surface area contributed by atoms with Gasteiger partial charge in [-0.25, -0.2) is 9.13 Å². The van der Waals surface area contributed by atoms with Gasteiger partial charge in [0, 0.05) is 25.7 Å². The lowest BCUT2D eigenvalue weighted by Crippen LogP contribution is -2.30. The molecule has 0 bridgehead atoms. The Hall–Kier alpha value is -1.94. The van der Waals surface area contributed by atoms with Crippen molar-refractivity contribution in [3.05, 3.63) is 0 Å². The second kappa shape index (κ2) is 67.3. The average Bonchev–Trinajstić information content (AvgIpc) is 2.69. The fourth-order valence-corrected chi connectivity index (χ4v) is 12.9. The summed E-state index contributed by atoms with van der Waals surface area (Å²) in [5, 5.41) is 10.6. The Labute approximate surface area is 568 Å². The summed E-state index contributed by atoms with van der Waals surface area (Å²) in [6, 6.07) is 0. The smallest absolute Gasteiger partial charge is 0.462 e. The highest BCUT2D eigenvalue weighted by molar-refractivity contribution is 7.47. The first-order chi connectivity index (χ1) is 45.0. The molecule has 0 saturated heterocycles. The van der Waals surface area contributed by atoms with E-state index >= 15 is 0 Å². The molecule has 2 unspecified atom stereocenters. The number of hydrogen-bond acceptors (Lipinski definition) is 15. The van der Waals surface area contributed by atoms with Gasteiger partial charge in [0.2, 0.25) is 0 Å². The van der Waals surface area contributed by atoms with Gasteiger partial charge in [0.1, 0.15) is 19.3 Å². The molecule has 93 heavy (non-hydrogen) atoms. The minimum atomic E-state index is -4.95. The minimum Gasteiger partial charge on any atom is -0.462 e. The topological polar surface area (TPSA) is 237 Å². The molecule has 0 amide bonds. The third kappa shape index (κ3) is 68.4. The zero-order valence-electron chi connectivity index (χ0n) is 60.4. The number of aliphatic hydroxyl groups excluding tert-OH is 1. The summed E-state index contributed by atoms with van der Waals surface area (Å²) in [5.41, 5.74) is 0. The van der Waals surface area contributed by atoms with Gasteiger partial charge in [-0.1, -0.05) is 336 Å². The highest BCUT2D eigenvalue weighted by atomic mass is 31.2. The number of hydrogen-bond donors (Lipinski definition) is 3. The van der Waals surface area contributed by atoms with Gasteiger partial charge in [-0.15, -0.1) is 0 Å². The van der Waals surface area contributed by atoms with Crippen LogP contribution >= 0.6 is 15.6 Å². The Kier molecular flexibility index (Phi) is 65.9. The number of aliphatic hydroxyl groups is 1. The number of ether oxygens (including phenoxy) is 4. The summed E-state index contributed by atoms with van der Waals surface area (Å²) < 4.78 is 68.2. The molecule has 19 heteroatoms. The lowest BCUT2D eigenvalue weighted by molar-refractivity contribution is -0.161. The maximum atomic E-state index is 13.1. The zero-order valence-corrected chi connectivity index (χ0v) is 62.2. The standard InChI is InChI=1S/C74H144O17P2/c1-6-9-12-15-17-19-21-23-25-27-29-30-32-34-36-38-40-44-49-54-59-73(78)91-70(64-85-72(77)58-53-48-43-39-37-35-33-31-28-26-24-22-20-18-16-13-10-7-2)66-89-93(82,83)87-62-68(75)61-86-92(80,81)88-65-69(63-84-71(76)57-52-46-14-11-8-3)90-74(79)60-55-50-45-41-42-47-51-56-67(4)5/h67-70,75H,6-66H2,1-5H3,(H,80,81)(H,82,83)/t68-,69+,70+/m0/s1. The molecule has 0 radical (unpaired) electrons. The van der Waals surface area contributed by atoms with E-state index < -0.39 is 97.5 Å². The zero-order chi connectivity index (χ0) is 68.4. The largest absolute Gasteiger partial charge is 0.472 e. The molecule has 3 N–H and O–H groups in total. The van der Waals surface area contributed by atoms with Crippen molar-refractivity contribution in [2.24, 2.45) is 5.92 Å². The maximum absolute atomic E-state index is 13.1.